The summed E-state index contributed by atoms with van der Waals surface area (Å²) in [4.78, 5) is 58.8. The van der Waals surface area contributed by atoms with Crippen molar-refractivity contribution < 1.29 is 60.1 Å². The second-order valence-electron chi connectivity index (χ2n) is 35.6. The lowest BCUT2D eigenvalue weighted by molar-refractivity contribution is 0.152. The summed E-state index contributed by atoms with van der Waals surface area (Å²) in [5.41, 5.74) is 28.9. The summed E-state index contributed by atoms with van der Waals surface area (Å²) in [5, 5.41) is 11.5. The van der Waals surface area contributed by atoms with Crippen LogP contribution in [0.2, 0.25) is 0 Å². The van der Waals surface area contributed by atoms with E-state index in [2.05, 4.69) is 195 Å². The lowest BCUT2D eigenvalue weighted by atomic mass is 9.76. The van der Waals surface area contributed by atoms with Crippen LogP contribution >= 0.6 is 0 Å². The van der Waals surface area contributed by atoms with Crippen molar-refractivity contribution in [2.75, 3.05) is 127 Å². The second kappa shape index (κ2) is 41.3. The molecule has 8 aliphatic rings. The maximum Gasteiger partial charge on any atom is 0.411 e. The molecule has 8 atom stereocenters. The minimum atomic E-state index is -0.722. The van der Waals surface area contributed by atoms with Gasteiger partial charge in [-0.3, -0.25) is 21.3 Å². The zero-order valence-electron chi connectivity index (χ0n) is 75.4. The fourth-order valence-electron chi connectivity index (χ4n) is 21.2. The van der Waals surface area contributed by atoms with Crippen molar-refractivity contribution in [2.45, 2.75) is 139 Å². The van der Waals surface area contributed by atoms with Crippen molar-refractivity contribution in [3.63, 3.8) is 0 Å². The third-order valence-electron chi connectivity index (χ3n) is 27.3. The first-order chi connectivity index (χ1) is 64.3. The molecule has 132 heavy (non-hydrogen) atoms. The van der Waals surface area contributed by atoms with Crippen LogP contribution in [0.15, 0.2) is 255 Å². The van der Waals surface area contributed by atoms with Gasteiger partial charge in [-0.25, -0.2) is 41.1 Å². The van der Waals surface area contributed by atoms with Gasteiger partial charge >= 0.3 is 24.4 Å². The summed E-state index contributed by atoms with van der Waals surface area (Å²) in [6.07, 6.45) is 7.57. The Morgan fingerprint density at radius 3 is 0.833 bits per heavy atom. The fourth-order valence-corrected chi connectivity index (χ4v) is 21.2. The van der Waals surface area contributed by atoms with Crippen LogP contribution in [0.5, 0.6) is 0 Å². The average molecular weight is 1780 g/mol. The zero-order valence-corrected chi connectivity index (χ0v) is 75.4. The quantitative estimate of drug-likeness (QED) is 0.0365. The van der Waals surface area contributed by atoms with E-state index in [0.29, 0.717) is 29.8 Å². The highest BCUT2D eigenvalue weighted by atomic mass is 19.1. The van der Waals surface area contributed by atoms with Crippen molar-refractivity contribution in [1.82, 2.24) is 0 Å². The largest absolute Gasteiger partial charge is 0.453 e. The predicted octanol–water partition coefficient (Wildman–Crippen LogP) is 26.0. The van der Waals surface area contributed by atoms with Crippen molar-refractivity contribution >= 4 is 69.9 Å². The Morgan fingerprint density at radius 1 is 0.303 bits per heavy atom. The van der Waals surface area contributed by atoms with Crippen LogP contribution in [0.4, 0.5) is 86.6 Å². The number of ether oxygens (including phenoxy) is 4. The molecule has 8 heterocycles. The second-order valence-corrected chi connectivity index (χ2v) is 35.6. The van der Waals surface area contributed by atoms with Crippen LogP contribution < -0.4 is 40.9 Å². The molecule has 0 spiro atoms. The van der Waals surface area contributed by atoms with E-state index in [1.165, 1.54) is 122 Å². The SMILES string of the molecule is CCCCOC(=O)Nc1cc2c3c(c1)C(c1ccccc1)CCN3CCC2c1ccccc1.CCOC(=O)Nc1cc2c3c(c1)C(c1cccc(F)c1)CCN3CCC2c1cccc(F)c1.COC(=O)Nc1cc2c3c(c1)C(c1ccc(F)cc1)CCN3CCC2c1ccc(C)cc1.Cc1ccc(C2CCN3CCC(c4ccc(F)cc4)c4cc(NC(=O)OCCF)cc2c43)cc1. The number of alkyl halides is 1. The molecular formula is C111H113F5N8O8. The number of anilines is 8. The number of benzene rings is 12. The molecule has 0 saturated heterocycles. The van der Waals surface area contributed by atoms with Crippen molar-refractivity contribution in [2.24, 2.45) is 0 Å². The number of rotatable bonds is 18. The number of nitrogens with one attached hydrogen (secondary N) is 4. The minimum Gasteiger partial charge on any atom is -0.453 e. The van der Waals surface area contributed by atoms with Crippen LogP contribution in [-0.4, -0.2) is 110 Å². The Morgan fingerprint density at radius 2 is 0.561 bits per heavy atom. The smallest absolute Gasteiger partial charge is 0.411 e. The van der Waals surface area contributed by atoms with E-state index in [-0.39, 0.29) is 78.1 Å². The number of nitrogens with zero attached hydrogens (tertiary/aromatic N) is 4. The molecule has 680 valence electrons. The number of carbonyl (C=O) groups is 4. The highest BCUT2D eigenvalue weighted by Gasteiger charge is 2.41. The van der Waals surface area contributed by atoms with Gasteiger partial charge in [-0.05, 0) is 265 Å². The lowest BCUT2D eigenvalue weighted by Crippen LogP contribution is -2.37. The maximum atomic E-state index is 14.1. The zero-order chi connectivity index (χ0) is 91.5. The molecule has 0 fully saturated rings. The van der Waals surface area contributed by atoms with Gasteiger partial charge in [0.2, 0.25) is 0 Å². The first-order valence-corrected chi connectivity index (χ1v) is 46.5. The summed E-state index contributed by atoms with van der Waals surface area (Å²) >= 11 is 0. The molecule has 0 radical (unpaired) electrons. The molecule has 8 aliphatic heterocycles. The van der Waals surface area contributed by atoms with E-state index in [1.807, 2.05) is 60.7 Å². The summed E-state index contributed by atoms with van der Waals surface area (Å²) in [7, 11) is 1.37. The minimum absolute atomic E-state index is 0.000838. The number of carbonyl (C=O) groups excluding carboxylic acids is 4. The lowest BCUT2D eigenvalue weighted by Gasteiger charge is -2.43. The van der Waals surface area contributed by atoms with Crippen molar-refractivity contribution in [3.8, 4) is 0 Å². The third-order valence-corrected chi connectivity index (χ3v) is 27.3. The van der Waals surface area contributed by atoms with E-state index < -0.39 is 25.0 Å². The number of aryl methyl sites for hydroxylation is 2. The Labute approximate surface area is 769 Å². The third kappa shape index (κ3) is 20.4. The molecule has 16 nitrogen and oxygen atoms in total. The van der Waals surface area contributed by atoms with Crippen molar-refractivity contribution in [1.29, 1.82) is 0 Å². The monoisotopic (exact) mass is 1780 g/mol. The summed E-state index contributed by atoms with van der Waals surface area (Å²) < 4.78 is 88.1. The van der Waals surface area contributed by atoms with Gasteiger partial charge in [0.1, 0.15) is 36.6 Å². The molecule has 12 aromatic carbocycles. The predicted molar refractivity (Wildman–Crippen MR) is 515 cm³/mol. The van der Waals surface area contributed by atoms with Gasteiger partial charge < -0.3 is 38.5 Å². The van der Waals surface area contributed by atoms with E-state index in [4.69, 9.17) is 18.9 Å². The number of halogens is 5. The van der Waals surface area contributed by atoms with Crippen LogP contribution in [0.1, 0.15) is 226 Å². The van der Waals surface area contributed by atoms with Gasteiger partial charge in [-0.15, -0.1) is 0 Å². The first-order valence-electron chi connectivity index (χ1n) is 46.5. The number of hydrogen-bond donors (Lipinski definition) is 4. The van der Waals surface area contributed by atoms with E-state index in [9.17, 15) is 41.1 Å². The van der Waals surface area contributed by atoms with Crippen LogP contribution in [-0.2, 0) is 18.9 Å². The van der Waals surface area contributed by atoms with E-state index >= 15 is 0 Å². The standard InChI is InChI=1S/C29H32N2O2.C28H28F2N2O2.C27H26F2N2O2.C27H27FN2O2/c1-2-3-18-33-29(32)30-23-19-26-24(21-10-6-4-7-11-21)14-16-31-17-15-25(27(20-23)28(26)31)22-12-8-5-9-13-22;1-18-2-4-19(5-3-18)23-10-13-32-14-11-24(20-6-8-21(30)9-7-20)26-17-22(16-25(23)27(26)32)31-28(33)34-15-12-29;1-2-33-27(32)30-21-15-24-22(17-5-3-7-19(28)13-17)9-11-31-12-10-23(25(16-21)26(24)31)18-6-4-8-20(29)14-18;1-17-3-5-18(6-4-17)22-11-13-30-14-12-23(19-7-9-20(28)10-8-19)25-16-21(29-27(31)32-2)15-24(22)26(25)30/h4-13,19-20,24-25H,2-3,14-18H2,1H3,(H,30,32);2-9,16-17,23-24H,10-15H2,1H3,(H,31,33);3-8,13-16,22-23H,2,9-12H2,1H3,(H,30,32);3-10,15-16,22-23H,11-14H2,1-2H3,(H,29,31). The molecule has 8 unspecified atom stereocenters. The average Bonchev–Trinajstić information content (AvgIpc) is 0.745. The Bertz CT molecular complexity index is 5780. The molecule has 0 bridgehead atoms. The van der Waals surface area contributed by atoms with Crippen LogP contribution in [0.25, 0.3) is 0 Å². The normalized spacial score (nSPS) is 19.0. The summed E-state index contributed by atoms with van der Waals surface area (Å²) in [6, 6.07) is 82.3. The Hall–Kier alpha value is -13.4. The number of unbranched alkanes of at least 4 members (excludes halogenated alkanes) is 1. The molecule has 0 saturated carbocycles. The van der Waals surface area contributed by atoms with Gasteiger partial charge in [-0.2, -0.15) is 0 Å². The molecule has 20 rings (SSSR count). The van der Waals surface area contributed by atoms with Crippen molar-refractivity contribution in [3.05, 3.63) is 378 Å². The van der Waals surface area contributed by atoms with Gasteiger partial charge in [-0.1, -0.05) is 182 Å². The topological polar surface area (TPSA) is 166 Å². The fraction of sp³-hybridized carbons (Fsp3) is 0.315. The first kappa shape index (κ1) is 90.5. The van der Waals surface area contributed by atoms with Gasteiger partial charge in [0, 0.05) is 145 Å². The van der Waals surface area contributed by atoms with E-state index in [0.717, 1.165) is 173 Å². The highest BCUT2D eigenvalue weighted by Crippen LogP contribution is 2.55. The molecule has 4 N–H and O–H groups in total. The molecule has 12 aromatic rings. The molecular weight excluding hydrogens is 1670 g/mol. The molecule has 0 aromatic heterocycles. The van der Waals surface area contributed by atoms with Gasteiger partial charge in [0.15, 0.2) is 0 Å². The Kier molecular flexibility index (Phi) is 28.3. The van der Waals surface area contributed by atoms with Gasteiger partial charge in [0.05, 0.1) is 20.3 Å². The summed E-state index contributed by atoms with van der Waals surface area (Å²) in [6.45, 7) is 15.5. The summed E-state index contributed by atoms with van der Waals surface area (Å²) in [5.74, 6) is 0.330. The van der Waals surface area contributed by atoms with Crippen LogP contribution in [0.3, 0.4) is 0 Å². The molecule has 0 aliphatic carbocycles. The van der Waals surface area contributed by atoms with E-state index in [1.54, 1.807) is 31.2 Å². The number of amides is 4. The molecule has 4 amide bonds. The maximum absolute atomic E-state index is 14.1. The number of hydrogen-bond acceptors (Lipinski definition) is 12. The van der Waals surface area contributed by atoms with Crippen LogP contribution in [0, 0.1) is 37.1 Å². The Balaban J connectivity index is 0.000000123. The number of methoxy groups -OCH3 is 1. The molecule has 21 heteroatoms. The van der Waals surface area contributed by atoms with Gasteiger partial charge in [0.25, 0.3) is 0 Å². The highest BCUT2D eigenvalue weighted by molar-refractivity contribution is 5.90.